The number of hydrogen-bond donors (Lipinski definition) is 2. The van der Waals surface area contributed by atoms with Crippen molar-refractivity contribution in [2.24, 2.45) is 35.3 Å². The zero-order valence-electron chi connectivity index (χ0n) is 24.9. The number of likely N-dealkylation sites (tertiary alicyclic amines) is 1. The van der Waals surface area contributed by atoms with Crippen molar-refractivity contribution in [3.05, 3.63) is 23.8 Å². The molecule has 4 saturated heterocycles. The zero-order chi connectivity index (χ0) is 28.9. The molecule has 0 bridgehead atoms. The first kappa shape index (κ1) is 28.9. The predicted molar refractivity (Wildman–Crippen MR) is 151 cm³/mol. The van der Waals surface area contributed by atoms with Crippen LogP contribution in [0, 0.1) is 29.6 Å². The van der Waals surface area contributed by atoms with E-state index in [1.54, 1.807) is 13.0 Å². The molecule has 226 valence electrons. The Kier molecular flexibility index (Phi) is 7.83. The number of ether oxygens (including phenoxy) is 3. The highest BCUT2D eigenvalue weighted by Gasteiger charge is 2.66. The Morgan fingerprint density at radius 1 is 1.22 bits per heavy atom. The van der Waals surface area contributed by atoms with Crippen LogP contribution in [-0.2, 0) is 28.6 Å². The molecule has 1 spiro atoms. The maximum absolute atomic E-state index is 13.3. The van der Waals surface area contributed by atoms with Gasteiger partial charge in [-0.05, 0) is 64.2 Å². The van der Waals surface area contributed by atoms with E-state index in [2.05, 4.69) is 17.5 Å². The molecular weight excluding hydrogens is 522 g/mol. The lowest BCUT2D eigenvalue weighted by Crippen LogP contribution is -2.96. The highest BCUT2D eigenvalue weighted by atomic mass is 16.6. The van der Waals surface area contributed by atoms with Gasteiger partial charge in [0, 0.05) is 62.6 Å². The highest BCUT2D eigenvalue weighted by Crippen LogP contribution is 2.59. The molecule has 4 N–H and O–H groups in total. The average Bonchev–Trinajstić information content (AvgIpc) is 3.28. The molecule has 2 aliphatic carbocycles. The molecule has 5 fully saturated rings. The number of amides is 1. The van der Waals surface area contributed by atoms with Gasteiger partial charge in [0.05, 0.1) is 12.6 Å². The van der Waals surface area contributed by atoms with Gasteiger partial charge in [0.1, 0.15) is 23.5 Å². The lowest BCUT2D eigenvalue weighted by Gasteiger charge is -2.54. The molecule has 1 amide bonds. The summed E-state index contributed by atoms with van der Waals surface area (Å²) in [5, 5.41) is 2.17. The fourth-order valence-corrected chi connectivity index (χ4v) is 8.77. The summed E-state index contributed by atoms with van der Waals surface area (Å²) in [6.45, 7) is 8.18. The van der Waals surface area contributed by atoms with Crippen molar-refractivity contribution >= 4 is 17.8 Å². The summed E-state index contributed by atoms with van der Waals surface area (Å²) in [7, 11) is 0. The Morgan fingerprint density at radius 2 is 2.02 bits per heavy atom. The second kappa shape index (κ2) is 11.1. The molecule has 41 heavy (non-hydrogen) atoms. The van der Waals surface area contributed by atoms with Gasteiger partial charge in [-0.15, -0.1) is 0 Å². The molecule has 1 saturated carbocycles. The molecule has 6 rings (SSSR count). The zero-order valence-corrected chi connectivity index (χ0v) is 24.9. The number of carbonyl (C=O) groups excluding carboxylic acids is 3. The largest absolute Gasteiger partial charge is 0.462 e. The number of rotatable bonds is 5. The highest BCUT2D eigenvalue weighted by molar-refractivity contribution is 5.88. The van der Waals surface area contributed by atoms with E-state index in [0.29, 0.717) is 43.1 Å². The van der Waals surface area contributed by atoms with Gasteiger partial charge < -0.3 is 24.4 Å². The number of piperidine rings is 1. The lowest BCUT2D eigenvalue weighted by atomic mass is 9.58. The Morgan fingerprint density at radius 3 is 2.76 bits per heavy atom. The molecule has 10 atom stereocenters. The molecule has 4 aliphatic heterocycles. The van der Waals surface area contributed by atoms with E-state index in [1.807, 2.05) is 18.7 Å². The van der Waals surface area contributed by atoms with Crippen LogP contribution in [-0.4, -0.2) is 72.0 Å². The minimum Gasteiger partial charge on any atom is -0.462 e. The average molecular weight is 571 g/mol. The molecule has 9 heteroatoms. The van der Waals surface area contributed by atoms with E-state index in [9.17, 15) is 14.4 Å². The summed E-state index contributed by atoms with van der Waals surface area (Å²) >= 11 is 0. The predicted octanol–water partition coefficient (Wildman–Crippen LogP) is 2.20. The Bertz CT molecular complexity index is 1120. The summed E-state index contributed by atoms with van der Waals surface area (Å²) in [5.41, 5.74) is 5.51. The van der Waals surface area contributed by atoms with Gasteiger partial charge in [0.25, 0.3) is 0 Å². The van der Waals surface area contributed by atoms with Gasteiger partial charge in [0.15, 0.2) is 0 Å². The second-order valence-electron chi connectivity index (χ2n) is 13.8. The van der Waals surface area contributed by atoms with E-state index in [1.165, 1.54) is 0 Å². The fourth-order valence-electron chi connectivity index (χ4n) is 8.77. The normalized spacial score (nSPS) is 44.0. The maximum atomic E-state index is 13.3. The summed E-state index contributed by atoms with van der Waals surface area (Å²) in [4.78, 5) is 40.6. The van der Waals surface area contributed by atoms with Crippen molar-refractivity contribution in [1.82, 2.24) is 4.90 Å². The molecule has 0 aromatic carbocycles. The van der Waals surface area contributed by atoms with Gasteiger partial charge in [0.2, 0.25) is 5.91 Å². The first-order valence-electron chi connectivity index (χ1n) is 15.9. The first-order chi connectivity index (χ1) is 19.6. The molecule has 7 unspecified atom stereocenters. The molecule has 0 aromatic rings. The SMILES string of the molecule is CC=C(C)C(=O)O[C@@]1(C)CC=C[C@H](C2CC(N)[NH2+]CC2CC(=O)N2CCC2)[C@@]12CC1CC3CCC(=O)OC3CC1O2. The van der Waals surface area contributed by atoms with Gasteiger partial charge in [-0.25, -0.2) is 4.79 Å². The van der Waals surface area contributed by atoms with Gasteiger partial charge in [-0.1, -0.05) is 18.2 Å². The van der Waals surface area contributed by atoms with E-state index < -0.39 is 11.2 Å². The molecule has 9 nitrogen and oxygen atoms in total. The van der Waals surface area contributed by atoms with Crippen molar-refractivity contribution in [2.75, 3.05) is 19.6 Å². The summed E-state index contributed by atoms with van der Waals surface area (Å²) in [6, 6.07) is 0. The molecule has 0 aromatic heterocycles. The molecular formula is C32H48N3O6+. The van der Waals surface area contributed by atoms with E-state index >= 15 is 0 Å². The van der Waals surface area contributed by atoms with Crippen LogP contribution in [0.5, 0.6) is 0 Å². The number of nitrogens with two attached hydrogens (primary N) is 2. The van der Waals surface area contributed by atoms with Crippen LogP contribution in [0.1, 0.15) is 78.6 Å². The van der Waals surface area contributed by atoms with Crippen molar-refractivity contribution in [3.63, 3.8) is 0 Å². The summed E-state index contributed by atoms with van der Waals surface area (Å²) in [6.07, 6.45) is 12.7. The third-order valence-corrected chi connectivity index (χ3v) is 11.4. The number of quaternary nitrogens is 1. The molecule has 6 aliphatic rings. The van der Waals surface area contributed by atoms with Crippen LogP contribution < -0.4 is 11.1 Å². The minimum atomic E-state index is -0.885. The van der Waals surface area contributed by atoms with Gasteiger partial charge >= 0.3 is 11.9 Å². The topological polar surface area (TPSA) is 125 Å². The Balaban J connectivity index is 1.35. The molecule has 4 heterocycles. The first-order valence-corrected chi connectivity index (χ1v) is 15.9. The third-order valence-electron chi connectivity index (χ3n) is 11.4. The quantitative estimate of drug-likeness (QED) is 0.295. The number of esters is 2. The number of nitrogens with zero attached hydrogens (tertiary/aromatic N) is 1. The number of fused-ring (bicyclic) bond motifs is 2. The van der Waals surface area contributed by atoms with Crippen LogP contribution in [0.3, 0.4) is 0 Å². The number of carbonyl (C=O) groups is 3. The lowest BCUT2D eigenvalue weighted by molar-refractivity contribution is -0.706. The van der Waals surface area contributed by atoms with Crippen molar-refractivity contribution in [2.45, 2.75) is 108 Å². The fraction of sp³-hybridized carbons (Fsp3) is 0.781. The monoisotopic (exact) mass is 570 g/mol. The van der Waals surface area contributed by atoms with E-state index in [-0.39, 0.29) is 54.0 Å². The van der Waals surface area contributed by atoms with E-state index in [0.717, 1.165) is 51.7 Å². The van der Waals surface area contributed by atoms with E-state index in [4.69, 9.17) is 19.9 Å². The molecule has 0 radical (unpaired) electrons. The summed E-state index contributed by atoms with van der Waals surface area (Å²) < 4.78 is 19.5. The van der Waals surface area contributed by atoms with Crippen molar-refractivity contribution < 1.29 is 33.9 Å². The second-order valence-corrected chi connectivity index (χ2v) is 13.8. The van der Waals surface area contributed by atoms with Crippen molar-refractivity contribution in [3.8, 4) is 0 Å². The van der Waals surface area contributed by atoms with Gasteiger partial charge in [-0.2, -0.15) is 0 Å². The summed E-state index contributed by atoms with van der Waals surface area (Å²) in [5.74, 6) is 0.674. The maximum Gasteiger partial charge on any atom is 0.334 e. The number of allylic oxidation sites excluding steroid dienone is 1. The number of hydrogen-bond acceptors (Lipinski definition) is 7. The van der Waals surface area contributed by atoms with Crippen LogP contribution in [0.4, 0.5) is 0 Å². The van der Waals surface area contributed by atoms with Crippen LogP contribution in [0.15, 0.2) is 23.8 Å². The minimum absolute atomic E-state index is 0.0484. The standard InChI is InChI=1S/C32H47N3O6/c1-4-19(2)30(38)41-31(3)10-5-7-24(23-15-27(33)34-18-22(23)14-28(36)35-11-6-12-35)32(31)17-21-13-20-8-9-29(37)39-25(20)16-26(21)40-32/h4-5,7,20-27,34H,6,8-18,33H2,1-3H3/p+1/t20?,21?,22?,23?,24-,25?,26?,27?,31+,32+/m1/s1. The third kappa shape index (κ3) is 5.16. The van der Waals surface area contributed by atoms with Crippen LogP contribution in [0.25, 0.3) is 0 Å². The smallest absolute Gasteiger partial charge is 0.334 e. The van der Waals surface area contributed by atoms with Crippen molar-refractivity contribution in [1.29, 1.82) is 0 Å². The Labute approximate surface area is 243 Å². The van der Waals surface area contributed by atoms with Gasteiger partial charge in [-0.3, -0.25) is 15.3 Å². The van der Waals surface area contributed by atoms with Crippen LogP contribution in [0.2, 0.25) is 0 Å². The van der Waals surface area contributed by atoms with Crippen LogP contribution >= 0.6 is 0 Å². The Hall–Kier alpha value is -2.23.